The fourth-order valence-corrected chi connectivity index (χ4v) is 8.44. The zero-order valence-electron chi connectivity index (χ0n) is 26.5. The molecule has 0 aliphatic heterocycles. The van der Waals surface area contributed by atoms with Crippen LogP contribution in [0.3, 0.4) is 0 Å². The predicted octanol–water partition coefficient (Wildman–Crippen LogP) is 13.9. The summed E-state index contributed by atoms with van der Waals surface area (Å²) in [5.74, 6) is 0. The molecule has 2 heterocycles. The van der Waals surface area contributed by atoms with Crippen LogP contribution in [-0.2, 0) is 0 Å². The van der Waals surface area contributed by atoms with Gasteiger partial charge in [0.1, 0.15) is 11.2 Å². The quantitative estimate of drug-likeness (QED) is 0.186. The molecular weight excluding hydrogens is 615 g/mol. The van der Waals surface area contributed by atoms with Gasteiger partial charge in [-0.2, -0.15) is 0 Å². The van der Waals surface area contributed by atoms with Gasteiger partial charge in [-0.1, -0.05) is 115 Å². The minimum Gasteiger partial charge on any atom is -0.456 e. The van der Waals surface area contributed by atoms with Crippen molar-refractivity contribution >= 4 is 81.3 Å². The Hall–Kier alpha value is -6.16. The Bertz CT molecular complexity index is 2840. The van der Waals surface area contributed by atoms with Crippen molar-refractivity contribution in [3.63, 3.8) is 0 Å². The molecule has 0 spiro atoms. The van der Waals surface area contributed by atoms with Gasteiger partial charge in [0, 0.05) is 37.6 Å². The number of fused-ring (bicyclic) bond motifs is 7. The van der Waals surface area contributed by atoms with E-state index < -0.39 is 0 Å². The summed E-state index contributed by atoms with van der Waals surface area (Å²) in [6, 6.07) is 63.4. The first kappa shape index (κ1) is 27.9. The monoisotopic (exact) mass is 643 g/mol. The lowest BCUT2D eigenvalue weighted by Crippen LogP contribution is -2.10. The average molecular weight is 644 g/mol. The van der Waals surface area contributed by atoms with E-state index in [2.05, 4.69) is 169 Å². The maximum absolute atomic E-state index is 6.14. The lowest BCUT2D eigenvalue weighted by molar-refractivity contribution is 0.669. The Morgan fingerprint density at radius 3 is 1.98 bits per heavy atom. The Kier molecular flexibility index (Phi) is 6.39. The van der Waals surface area contributed by atoms with E-state index in [1.807, 2.05) is 23.5 Å². The highest BCUT2D eigenvalue weighted by Gasteiger charge is 2.19. The van der Waals surface area contributed by atoms with Crippen LogP contribution in [0.4, 0.5) is 17.1 Å². The molecule has 10 aromatic rings. The van der Waals surface area contributed by atoms with Crippen molar-refractivity contribution < 1.29 is 4.42 Å². The smallest absolute Gasteiger partial charge is 0.135 e. The van der Waals surface area contributed by atoms with Gasteiger partial charge >= 0.3 is 0 Å². The Morgan fingerprint density at radius 2 is 1.06 bits per heavy atom. The maximum Gasteiger partial charge on any atom is 0.135 e. The molecule has 0 fully saturated rings. The number of anilines is 3. The number of benzene rings is 8. The van der Waals surface area contributed by atoms with Crippen LogP contribution in [0, 0.1) is 0 Å². The summed E-state index contributed by atoms with van der Waals surface area (Å²) >= 11 is 1.86. The number of nitrogens with zero attached hydrogens (tertiary/aromatic N) is 1. The second kappa shape index (κ2) is 11.2. The van der Waals surface area contributed by atoms with Crippen LogP contribution in [-0.4, -0.2) is 0 Å². The van der Waals surface area contributed by atoms with Gasteiger partial charge in [-0.3, -0.25) is 0 Å². The average Bonchev–Trinajstić information content (AvgIpc) is 3.74. The van der Waals surface area contributed by atoms with E-state index in [0.29, 0.717) is 0 Å². The standard InChI is InChI=1S/C46H29NOS/c1-2-10-32-27-34(20-19-30(32)9-1)31-21-24-36(25-22-31)47(42-16-8-15-40-39-14-4-6-18-45(39)49-46(40)42)37-12-7-11-33(28-37)35-23-26-44-41(29-35)38-13-3-5-17-43(38)48-44/h1-29H. The van der Waals surface area contributed by atoms with Crippen molar-refractivity contribution in [1.29, 1.82) is 0 Å². The molecule has 0 bridgehead atoms. The molecule has 8 aromatic carbocycles. The van der Waals surface area contributed by atoms with E-state index in [4.69, 9.17) is 4.42 Å². The minimum absolute atomic E-state index is 0.908. The van der Waals surface area contributed by atoms with Gasteiger partial charge in [-0.05, 0) is 93.7 Å². The molecule has 0 atom stereocenters. The Morgan fingerprint density at radius 1 is 0.388 bits per heavy atom. The Labute approximate surface area is 287 Å². The second-order valence-electron chi connectivity index (χ2n) is 12.6. The number of hydrogen-bond acceptors (Lipinski definition) is 3. The summed E-state index contributed by atoms with van der Waals surface area (Å²) in [5.41, 5.74) is 9.95. The molecule has 0 N–H and O–H groups in total. The van der Waals surface area contributed by atoms with Crippen LogP contribution in [0.25, 0.3) is 75.1 Å². The van der Waals surface area contributed by atoms with Crippen LogP contribution in [0.15, 0.2) is 180 Å². The zero-order chi connectivity index (χ0) is 32.3. The highest BCUT2D eigenvalue weighted by atomic mass is 32.1. The fourth-order valence-electron chi connectivity index (χ4n) is 7.24. The lowest BCUT2D eigenvalue weighted by atomic mass is 10.00. The van der Waals surface area contributed by atoms with Gasteiger partial charge in [0.25, 0.3) is 0 Å². The van der Waals surface area contributed by atoms with Gasteiger partial charge in [0.15, 0.2) is 0 Å². The minimum atomic E-state index is 0.908. The molecule has 0 aliphatic rings. The SMILES string of the molecule is c1cc(-c2ccc3oc4ccccc4c3c2)cc(N(c2ccc(-c3ccc4ccccc4c3)cc2)c2cccc3c2sc2ccccc23)c1. The molecule has 0 unspecified atom stereocenters. The molecular formula is C46H29NOS. The molecule has 0 aliphatic carbocycles. The number of hydrogen-bond donors (Lipinski definition) is 0. The van der Waals surface area contributed by atoms with Gasteiger partial charge < -0.3 is 9.32 Å². The number of para-hydroxylation sites is 1. The van der Waals surface area contributed by atoms with Gasteiger partial charge in [0.05, 0.1) is 10.4 Å². The number of thiophene rings is 1. The van der Waals surface area contributed by atoms with E-state index in [-0.39, 0.29) is 0 Å². The van der Waals surface area contributed by atoms with Crippen molar-refractivity contribution in [1.82, 2.24) is 0 Å². The predicted molar refractivity (Wildman–Crippen MR) is 210 cm³/mol. The molecule has 2 nitrogen and oxygen atoms in total. The third-order valence-electron chi connectivity index (χ3n) is 9.65. The van der Waals surface area contributed by atoms with E-state index in [1.54, 1.807) is 0 Å². The summed E-state index contributed by atoms with van der Waals surface area (Å²) in [6.45, 7) is 0. The van der Waals surface area contributed by atoms with Crippen LogP contribution >= 0.6 is 11.3 Å². The highest BCUT2D eigenvalue weighted by Crippen LogP contribution is 2.45. The lowest BCUT2D eigenvalue weighted by Gasteiger charge is -2.27. The summed E-state index contributed by atoms with van der Waals surface area (Å²) in [5, 5.41) is 7.36. The molecule has 3 heteroatoms. The number of rotatable bonds is 5. The van der Waals surface area contributed by atoms with Gasteiger partial charge in [0.2, 0.25) is 0 Å². The first-order valence-electron chi connectivity index (χ1n) is 16.6. The topological polar surface area (TPSA) is 16.4 Å². The van der Waals surface area contributed by atoms with Crippen molar-refractivity contribution in [2.75, 3.05) is 4.90 Å². The van der Waals surface area contributed by atoms with Crippen molar-refractivity contribution in [3.8, 4) is 22.3 Å². The fraction of sp³-hybridized carbons (Fsp3) is 0. The molecule has 0 saturated heterocycles. The van der Waals surface area contributed by atoms with Crippen LogP contribution in [0.5, 0.6) is 0 Å². The molecule has 0 saturated carbocycles. The van der Waals surface area contributed by atoms with Crippen LogP contribution < -0.4 is 4.90 Å². The second-order valence-corrected chi connectivity index (χ2v) is 13.6. The van der Waals surface area contributed by atoms with Crippen molar-refractivity contribution in [3.05, 3.63) is 176 Å². The van der Waals surface area contributed by atoms with Crippen LogP contribution in [0.2, 0.25) is 0 Å². The van der Waals surface area contributed by atoms with E-state index in [9.17, 15) is 0 Å². The molecule has 0 radical (unpaired) electrons. The molecule has 2 aromatic heterocycles. The summed E-state index contributed by atoms with van der Waals surface area (Å²) in [7, 11) is 0. The van der Waals surface area contributed by atoms with E-state index in [1.165, 1.54) is 47.8 Å². The number of furan rings is 1. The Balaban J connectivity index is 1.13. The third kappa shape index (κ3) is 4.70. The maximum atomic E-state index is 6.14. The van der Waals surface area contributed by atoms with Crippen molar-refractivity contribution in [2.24, 2.45) is 0 Å². The van der Waals surface area contributed by atoms with Gasteiger partial charge in [-0.25, -0.2) is 0 Å². The summed E-state index contributed by atoms with van der Waals surface area (Å²) < 4.78 is 8.72. The van der Waals surface area contributed by atoms with Crippen LogP contribution in [0.1, 0.15) is 0 Å². The molecule has 10 rings (SSSR count). The normalized spacial score (nSPS) is 11.7. The molecule has 230 valence electrons. The first-order chi connectivity index (χ1) is 24.3. The third-order valence-corrected chi connectivity index (χ3v) is 10.9. The van der Waals surface area contributed by atoms with E-state index in [0.717, 1.165) is 44.4 Å². The highest BCUT2D eigenvalue weighted by molar-refractivity contribution is 7.26. The summed E-state index contributed by atoms with van der Waals surface area (Å²) in [4.78, 5) is 2.41. The van der Waals surface area contributed by atoms with Crippen molar-refractivity contribution in [2.45, 2.75) is 0 Å². The zero-order valence-corrected chi connectivity index (χ0v) is 27.3. The first-order valence-corrected chi connectivity index (χ1v) is 17.4. The van der Waals surface area contributed by atoms with E-state index >= 15 is 0 Å². The largest absolute Gasteiger partial charge is 0.456 e. The molecule has 0 amide bonds. The summed E-state index contributed by atoms with van der Waals surface area (Å²) in [6.07, 6.45) is 0. The molecule has 49 heavy (non-hydrogen) atoms. The van der Waals surface area contributed by atoms with Gasteiger partial charge in [-0.15, -0.1) is 11.3 Å².